The van der Waals surface area contributed by atoms with Gasteiger partial charge in [-0.15, -0.1) is 0 Å². The predicted molar refractivity (Wildman–Crippen MR) is 74.3 cm³/mol. The number of nitrogens with zero attached hydrogens (tertiary/aromatic N) is 2. The summed E-state index contributed by atoms with van der Waals surface area (Å²) in [6.07, 6.45) is 4.75. The third-order valence-corrected chi connectivity index (χ3v) is 3.78. The van der Waals surface area contributed by atoms with Crippen molar-refractivity contribution in [3.8, 4) is 11.4 Å². The van der Waals surface area contributed by atoms with E-state index in [4.69, 9.17) is 4.52 Å². The molecule has 0 radical (unpaired) electrons. The third kappa shape index (κ3) is 2.43. The lowest BCUT2D eigenvalue weighted by Crippen LogP contribution is -2.17. The molecule has 1 N–H and O–H groups in total. The Hall–Kier alpha value is -2.17. The summed E-state index contributed by atoms with van der Waals surface area (Å²) in [4.78, 5) is 16.0. The molecule has 5 heteroatoms. The minimum absolute atomic E-state index is 0.101. The van der Waals surface area contributed by atoms with Crippen molar-refractivity contribution in [1.29, 1.82) is 0 Å². The Kier molecular flexibility index (Phi) is 3.50. The van der Waals surface area contributed by atoms with Gasteiger partial charge in [0.1, 0.15) is 0 Å². The molecule has 1 aromatic carbocycles. The van der Waals surface area contributed by atoms with Crippen LogP contribution in [0.5, 0.6) is 0 Å². The van der Waals surface area contributed by atoms with Crippen LogP contribution in [0.15, 0.2) is 28.8 Å². The number of benzene rings is 1. The van der Waals surface area contributed by atoms with E-state index in [-0.39, 0.29) is 5.91 Å². The number of nitrogens with one attached hydrogen (secondary N) is 1. The van der Waals surface area contributed by atoms with Crippen LogP contribution in [-0.2, 0) is 0 Å². The molecule has 20 heavy (non-hydrogen) atoms. The summed E-state index contributed by atoms with van der Waals surface area (Å²) in [6.45, 7) is 0. The lowest BCUT2D eigenvalue weighted by molar-refractivity contribution is 0.0963. The molecule has 0 unspecified atom stereocenters. The van der Waals surface area contributed by atoms with Crippen molar-refractivity contribution >= 4 is 5.91 Å². The minimum atomic E-state index is -0.101. The van der Waals surface area contributed by atoms with Gasteiger partial charge in [0.25, 0.3) is 5.91 Å². The Bertz CT molecular complexity index is 598. The zero-order valence-electron chi connectivity index (χ0n) is 11.4. The van der Waals surface area contributed by atoms with E-state index in [1.54, 1.807) is 19.2 Å². The van der Waals surface area contributed by atoms with Crippen LogP contribution < -0.4 is 5.32 Å². The summed E-state index contributed by atoms with van der Waals surface area (Å²) in [5.41, 5.74) is 1.49. The lowest BCUT2D eigenvalue weighted by atomic mass is 10.1. The van der Waals surface area contributed by atoms with Gasteiger partial charge in [-0.25, -0.2) is 0 Å². The summed E-state index contributed by atoms with van der Waals surface area (Å²) >= 11 is 0. The largest absolute Gasteiger partial charge is 0.355 e. The summed E-state index contributed by atoms with van der Waals surface area (Å²) in [7, 11) is 1.61. The van der Waals surface area contributed by atoms with Gasteiger partial charge >= 0.3 is 0 Å². The molecule has 0 atom stereocenters. The van der Waals surface area contributed by atoms with E-state index in [1.165, 1.54) is 12.8 Å². The second-order valence-corrected chi connectivity index (χ2v) is 5.09. The minimum Gasteiger partial charge on any atom is -0.355 e. The fourth-order valence-electron chi connectivity index (χ4n) is 2.61. The predicted octanol–water partition coefficient (Wildman–Crippen LogP) is 2.75. The van der Waals surface area contributed by atoms with E-state index in [0.29, 0.717) is 17.3 Å². The maximum atomic E-state index is 11.5. The van der Waals surface area contributed by atoms with Crippen LogP contribution in [0.1, 0.15) is 47.8 Å². The molecule has 0 aliphatic heterocycles. The van der Waals surface area contributed by atoms with Gasteiger partial charge in [-0.05, 0) is 25.0 Å². The van der Waals surface area contributed by atoms with E-state index in [1.807, 2.05) is 12.1 Å². The third-order valence-electron chi connectivity index (χ3n) is 3.78. The Balaban J connectivity index is 1.80. The van der Waals surface area contributed by atoms with Gasteiger partial charge in [-0.1, -0.05) is 30.1 Å². The lowest BCUT2D eigenvalue weighted by Gasteiger charge is -2.00. The standard InChI is InChI=1S/C15H17N3O2/c1-16-14(19)11-8-6-10(7-9-11)13-17-15(20-18-13)12-4-2-3-5-12/h6-9,12H,2-5H2,1H3,(H,16,19). The van der Waals surface area contributed by atoms with Crippen LogP contribution in [0.2, 0.25) is 0 Å². The second kappa shape index (κ2) is 5.45. The summed E-state index contributed by atoms with van der Waals surface area (Å²) in [6, 6.07) is 7.21. The molecule has 1 aromatic heterocycles. The highest BCUT2D eigenvalue weighted by atomic mass is 16.5. The summed E-state index contributed by atoms with van der Waals surface area (Å²) < 4.78 is 5.36. The first-order valence-electron chi connectivity index (χ1n) is 6.94. The molecule has 1 fully saturated rings. The molecule has 0 spiro atoms. The number of carbonyl (C=O) groups excluding carboxylic acids is 1. The van der Waals surface area contributed by atoms with Crippen LogP contribution in [0.25, 0.3) is 11.4 Å². The van der Waals surface area contributed by atoms with Crippen LogP contribution >= 0.6 is 0 Å². The van der Waals surface area contributed by atoms with Gasteiger partial charge in [0, 0.05) is 24.1 Å². The molecule has 2 aromatic rings. The molecule has 104 valence electrons. The van der Waals surface area contributed by atoms with Crippen molar-refractivity contribution in [2.24, 2.45) is 0 Å². The summed E-state index contributed by atoms with van der Waals surface area (Å²) in [5, 5.41) is 6.63. The Labute approximate surface area is 117 Å². The molecule has 1 amide bonds. The number of hydrogen-bond acceptors (Lipinski definition) is 4. The van der Waals surface area contributed by atoms with Crippen molar-refractivity contribution < 1.29 is 9.32 Å². The van der Waals surface area contributed by atoms with E-state index in [0.717, 1.165) is 24.3 Å². The number of amides is 1. The highest BCUT2D eigenvalue weighted by molar-refractivity contribution is 5.94. The maximum absolute atomic E-state index is 11.5. The van der Waals surface area contributed by atoms with Gasteiger partial charge in [0.15, 0.2) is 0 Å². The first kappa shape index (κ1) is 12.8. The molecule has 1 saturated carbocycles. The van der Waals surface area contributed by atoms with Crippen molar-refractivity contribution in [2.45, 2.75) is 31.6 Å². The number of hydrogen-bond donors (Lipinski definition) is 1. The Morgan fingerprint density at radius 1 is 1.25 bits per heavy atom. The first-order valence-corrected chi connectivity index (χ1v) is 6.94. The Morgan fingerprint density at radius 3 is 2.60 bits per heavy atom. The topological polar surface area (TPSA) is 68.0 Å². The fraction of sp³-hybridized carbons (Fsp3) is 0.400. The van der Waals surface area contributed by atoms with Gasteiger partial charge in [0.2, 0.25) is 11.7 Å². The molecular formula is C15H17N3O2. The smallest absolute Gasteiger partial charge is 0.251 e. The van der Waals surface area contributed by atoms with E-state index < -0.39 is 0 Å². The number of carbonyl (C=O) groups is 1. The average Bonchev–Trinajstić information content (AvgIpc) is 3.17. The molecule has 1 aliphatic carbocycles. The van der Waals surface area contributed by atoms with E-state index >= 15 is 0 Å². The van der Waals surface area contributed by atoms with Crippen LogP contribution in [-0.4, -0.2) is 23.1 Å². The highest BCUT2D eigenvalue weighted by Crippen LogP contribution is 2.33. The van der Waals surface area contributed by atoms with Crippen molar-refractivity contribution in [2.75, 3.05) is 7.05 Å². The molecule has 0 saturated heterocycles. The van der Waals surface area contributed by atoms with Crippen LogP contribution in [0.3, 0.4) is 0 Å². The van der Waals surface area contributed by atoms with Gasteiger partial charge in [-0.2, -0.15) is 4.98 Å². The average molecular weight is 271 g/mol. The van der Waals surface area contributed by atoms with Gasteiger partial charge < -0.3 is 9.84 Å². The van der Waals surface area contributed by atoms with Crippen molar-refractivity contribution in [3.63, 3.8) is 0 Å². The maximum Gasteiger partial charge on any atom is 0.251 e. The number of rotatable bonds is 3. The normalized spacial score (nSPS) is 15.4. The zero-order chi connectivity index (χ0) is 13.9. The van der Waals surface area contributed by atoms with Crippen molar-refractivity contribution in [1.82, 2.24) is 15.5 Å². The van der Waals surface area contributed by atoms with Crippen molar-refractivity contribution in [3.05, 3.63) is 35.7 Å². The van der Waals surface area contributed by atoms with Gasteiger partial charge in [-0.3, -0.25) is 4.79 Å². The second-order valence-electron chi connectivity index (χ2n) is 5.09. The molecular weight excluding hydrogens is 254 g/mol. The zero-order valence-corrected chi connectivity index (χ0v) is 11.4. The van der Waals surface area contributed by atoms with E-state index in [2.05, 4.69) is 15.5 Å². The number of aromatic nitrogens is 2. The van der Waals surface area contributed by atoms with Crippen LogP contribution in [0.4, 0.5) is 0 Å². The Morgan fingerprint density at radius 2 is 1.95 bits per heavy atom. The molecule has 1 aliphatic rings. The first-order chi connectivity index (χ1) is 9.78. The summed E-state index contributed by atoms with van der Waals surface area (Å²) in [5.74, 6) is 1.65. The SMILES string of the molecule is CNC(=O)c1ccc(-c2noc(C3CCCC3)n2)cc1. The molecule has 5 nitrogen and oxygen atoms in total. The molecule has 3 rings (SSSR count). The monoisotopic (exact) mass is 271 g/mol. The quantitative estimate of drug-likeness (QED) is 0.932. The highest BCUT2D eigenvalue weighted by Gasteiger charge is 2.23. The molecule has 0 bridgehead atoms. The van der Waals surface area contributed by atoms with E-state index in [9.17, 15) is 4.79 Å². The van der Waals surface area contributed by atoms with Crippen LogP contribution in [0, 0.1) is 0 Å². The fourth-order valence-corrected chi connectivity index (χ4v) is 2.61. The molecule has 1 heterocycles. The van der Waals surface area contributed by atoms with Gasteiger partial charge in [0.05, 0.1) is 0 Å².